The van der Waals surface area contributed by atoms with Crippen molar-refractivity contribution in [2.45, 2.75) is 58.2 Å². The molecule has 120 valence electrons. The van der Waals surface area contributed by atoms with Crippen LogP contribution in [0.5, 0.6) is 0 Å². The summed E-state index contributed by atoms with van der Waals surface area (Å²) in [7, 11) is 0. The Bertz CT molecular complexity index is 414. The molecule has 2 rings (SSSR count). The Morgan fingerprint density at radius 2 is 1.71 bits per heavy atom. The molecule has 6 nitrogen and oxygen atoms in total. The summed E-state index contributed by atoms with van der Waals surface area (Å²) in [5, 5.41) is 19.2. The van der Waals surface area contributed by atoms with Crippen molar-refractivity contribution in [3.63, 3.8) is 0 Å². The van der Waals surface area contributed by atoms with E-state index in [4.69, 9.17) is 4.74 Å². The van der Waals surface area contributed by atoms with Crippen LogP contribution in [0.3, 0.4) is 0 Å². The van der Waals surface area contributed by atoms with E-state index < -0.39 is 17.0 Å². The van der Waals surface area contributed by atoms with E-state index in [1.807, 2.05) is 20.8 Å². The highest BCUT2D eigenvalue weighted by Gasteiger charge is 2.53. The number of carbonyl (C=O) groups excluding carboxylic acids is 1. The molecule has 0 aromatic carbocycles. The quantitative estimate of drug-likeness (QED) is 0.812. The summed E-state index contributed by atoms with van der Waals surface area (Å²) in [6.45, 7) is 6.28. The molecule has 1 aliphatic carbocycles. The highest BCUT2D eigenvalue weighted by atomic mass is 16.6. The Kier molecular flexibility index (Phi) is 4.19. The van der Waals surface area contributed by atoms with Crippen LogP contribution in [0, 0.1) is 11.3 Å². The fourth-order valence-corrected chi connectivity index (χ4v) is 3.22. The van der Waals surface area contributed by atoms with E-state index in [0.717, 1.165) is 0 Å². The lowest BCUT2D eigenvalue weighted by molar-refractivity contribution is -0.163. The summed E-state index contributed by atoms with van der Waals surface area (Å²) in [6, 6.07) is 0. The van der Waals surface area contributed by atoms with Gasteiger partial charge < -0.3 is 19.8 Å². The largest absolute Gasteiger partial charge is 0.481 e. The average Bonchev–Trinajstić information content (AvgIpc) is 2.27. The third-order valence-corrected chi connectivity index (χ3v) is 4.59. The number of aliphatic hydroxyl groups is 1. The molecule has 0 unspecified atom stereocenters. The Morgan fingerprint density at radius 3 is 2.14 bits per heavy atom. The predicted molar refractivity (Wildman–Crippen MR) is 75.8 cm³/mol. The molecule has 0 spiro atoms. The zero-order valence-corrected chi connectivity index (χ0v) is 13.0. The van der Waals surface area contributed by atoms with Crippen molar-refractivity contribution in [3.8, 4) is 0 Å². The zero-order chi connectivity index (χ0) is 15.8. The first kappa shape index (κ1) is 16.1. The van der Waals surface area contributed by atoms with Gasteiger partial charge in [0, 0.05) is 19.0 Å². The first-order chi connectivity index (χ1) is 9.64. The van der Waals surface area contributed by atoms with Crippen LogP contribution in [-0.2, 0) is 9.53 Å². The third-order valence-electron chi connectivity index (χ3n) is 4.59. The van der Waals surface area contributed by atoms with Crippen LogP contribution in [-0.4, -0.2) is 52.0 Å². The van der Waals surface area contributed by atoms with Crippen molar-refractivity contribution in [1.82, 2.24) is 4.90 Å². The number of carbonyl (C=O) groups is 2. The maximum atomic E-state index is 11.9. The second kappa shape index (κ2) is 5.48. The summed E-state index contributed by atoms with van der Waals surface area (Å²) in [5.41, 5.74) is -1.33. The molecule has 2 fully saturated rings. The number of rotatable bonds is 2. The Labute approximate surface area is 125 Å². The Hall–Kier alpha value is -1.30. The fraction of sp³-hybridized carbons (Fsp3) is 0.867. The van der Waals surface area contributed by atoms with E-state index in [1.54, 1.807) is 4.90 Å². The van der Waals surface area contributed by atoms with Gasteiger partial charge in [-0.15, -0.1) is 0 Å². The van der Waals surface area contributed by atoms with Crippen molar-refractivity contribution in [2.75, 3.05) is 13.1 Å². The topological polar surface area (TPSA) is 87.1 Å². The number of ether oxygens (including phenoxy) is 1. The molecule has 6 heteroatoms. The van der Waals surface area contributed by atoms with Crippen LogP contribution in [0.2, 0.25) is 0 Å². The second-order valence-electron chi connectivity index (χ2n) is 7.27. The van der Waals surface area contributed by atoms with Gasteiger partial charge in [-0.3, -0.25) is 4.79 Å². The number of carboxylic acid groups (broad SMARTS) is 1. The van der Waals surface area contributed by atoms with E-state index in [0.29, 0.717) is 38.8 Å². The number of amides is 1. The molecule has 0 aromatic rings. The summed E-state index contributed by atoms with van der Waals surface area (Å²) < 4.78 is 5.29. The summed E-state index contributed by atoms with van der Waals surface area (Å²) >= 11 is 0. The molecule has 21 heavy (non-hydrogen) atoms. The molecule has 1 amide bonds. The Balaban J connectivity index is 1.95. The van der Waals surface area contributed by atoms with Gasteiger partial charge in [0.15, 0.2) is 0 Å². The zero-order valence-electron chi connectivity index (χ0n) is 13.0. The molecule has 0 aromatic heterocycles. The molecule has 2 N–H and O–H groups in total. The van der Waals surface area contributed by atoms with E-state index >= 15 is 0 Å². The molecule has 1 heterocycles. The Morgan fingerprint density at radius 1 is 1.19 bits per heavy atom. The molecular weight excluding hydrogens is 274 g/mol. The van der Waals surface area contributed by atoms with Crippen LogP contribution in [0.4, 0.5) is 4.79 Å². The van der Waals surface area contributed by atoms with Crippen molar-refractivity contribution in [1.29, 1.82) is 0 Å². The minimum Gasteiger partial charge on any atom is -0.481 e. The number of hydrogen-bond donors (Lipinski definition) is 2. The number of aliphatic hydroxyl groups excluding tert-OH is 1. The van der Waals surface area contributed by atoms with Gasteiger partial charge in [-0.2, -0.15) is 0 Å². The van der Waals surface area contributed by atoms with E-state index in [9.17, 15) is 19.8 Å². The van der Waals surface area contributed by atoms with Gasteiger partial charge in [-0.05, 0) is 46.5 Å². The summed E-state index contributed by atoms with van der Waals surface area (Å²) in [5.74, 6) is -0.849. The predicted octanol–water partition coefficient (Wildman–Crippen LogP) is 1.86. The fourth-order valence-electron chi connectivity index (χ4n) is 3.22. The van der Waals surface area contributed by atoms with Crippen LogP contribution in [0.25, 0.3) is 0 Å². The SMILES string of the molecule is CC(C)(C)OC(=O)N1CC(C2(C(=O)O)CCC(O)CC2)C1. The van der Waals surface area contributed by atoms with Crippen molar-refractivity contribution in [2.24, 2.45) is 11.3 Å². The highest BCUT2D eigenvalue weighted by Crippen LogP contribution is 2.46. The lowest BCUT2D eigenvalue weighted by Crippen LogP contribution is -2.60. The van der Waals surface area contributed by atoms with Gasteiger partial charge in [0.25, 0.3) is 0 Å². The normalized spacial score (nSPS) is 30.7. The molecule has 2 aliphatic rings. The highest BCUT2D eigenvalue weighted by molar-refractivity contribution is 5.76. The molecule has 0 radical (unpaired) electrons. The van der Waals surface area contributed by atoms with Crippen LogP contribution in [0.1, 0.15) is 46.5 Å². The lowest BCUT2D eigenvalue weighted by Gasteiger charge is -2.50. The van der Waals surface area contributed by atoms with E-state index in [1.165, 1.54) is 0 Å². The maximum Gasteiger partial charge on any atom is 0.410 e. The minimum absolute atomic E-state index is 0.0463. The number of nitrogens with zero attached hydrogens (tertiary/aromatic N) is 1. The molecule has 0 bridgehead atoms. The first-order valence-corrected chi connectivity index (χ1v) is 7.53. The van der Waals surface area contributed by atoms with E-state index in [2.05, 4.69) is 0 Å². The van der Waals surface area contributed by atoms with Crippen LogP contribution >= 0.6 is 0 Å². The van der Waals surface area contributed by atoms with Gasteiger partial charge in [-0.1, -0.05) is 0 Å². The first-order valence-electron chi connectivity index (χ1n) is 7.53. The lowest BCUT2D eigenvalue weighted by atomic mass is 9.63. The van der Waals surface area contributed by atoms with Crippen molar-refractivity contribution in [3.05, 3.63) is 0 Å². The number of hydrogen-bond acceptors (Lipinski definition) is 4. The van der Waals surface area contributed by atoms with Crippen molar-refractivity contribution >= 4 is 12.1 Å². The number of likely N-dealkylation sites (tertiary alicyclic amines) is 1. The van der Waals surface area contributed by atoms with Crippen LogP contribution < -0.4 is 0 Å². The van der Waals surface area contributed by atoms with Gasteiger partial charge in [0.05, 0.1) is 11.5 Å². The summed E-state index contributed by atoms with van der Waals surface area (Å²) in [6.07, 6.45) is 1.24. The smallest absolute Gasteiger partial charge is 0.410 e. The van der Waals surface area contributed by atoms with Crippen molar-refractivity contribution < 1.29 is 24.5 Å². The molecule has 1 aliphatic heterocycles. The monoisotopic (exact) mass is 299 g/mol. The molecule has 1 saturated carbocycles. The maximum absolute atomic E-state index is 11.9. The summed E-state index contributed by atoms with van der Waals surface area (Å²) in [4.78, 5) is 25.2. The second-order valence-corrected chi connectivity index (χ2v) is 7.27. The van der Waals surface area contributed by atoms with E-state index in [-0.39, 0.29) is 18.1 Å². The van der Waals surface area contributed by atoms with Gasteiger partial charge in [0.1, 0.15) is 5.60 Å². The van der Waals surface area contributed by atoms with Gasteiger partial charge in [-0.25, -0.2) is 4.79 Å². The molecule has 0 atom stereocenters. The minimum atomic E-state index is -0.803. The van der Waals surface area contributed by atoms with Gasteiger partial charge in [0.2, 0.25) is 0 Å². The molecular formula is C15H25NO5. The van der Waals surface area contributed by atoms with Gasteiger partial charge >= 0.3 is 12.1 Å². The third kappa shape index (κ3) is 3.31. The standard InChI is InChI=1S/C15H25NO5/c1-14(2,3)21-13(20)16-8-10(9-16)15(12(18)19)6-4-11(17)5-7-15/h10-11,17H,4-9H2,1-3H3,(H,18,19). The molecule has 1 saturated heterocycles. The average molecular weight is 299 g/mol. The number of carboxylic acids is 1. The number of aliphatic carboxylic acids is 1. The van der Waals surface area contributed by atoms with Crippen LogP contribution in [0.15, 0.2) is 0 Å².